The van der Waals surface area contributed by atoms with Crippen molar-refractivity contribution in [1.29, 1.82) is 0 Å². The molecular weight excluding hydrogens is 469 g/mol. The maximum atomic E-state index is 12.6. The van der Waals surface area contributed by atoms with Crippen molar-refractivity contribution < 1.29 is 32.2 Å². The van der Waals surface area contributed by atoms with E-state index in [1.165, 1.54) is 31.2 Å². The number of ether oxygens (including phenoxy) is 3. The molecule has 1 atom stereocenters. The minimum Gasteiger partial charge on any atom is -0.490 e. The van der Waals surface area contributed by atoms with Crippen LogP contribution in [0.15, 0.2) is 42.5 Å². The number of halogens is 4. The first kappa shape index (κ1) is 24.1. The molecule has 0 aliphatic carbocycles. The largest absolute Gasteiger partial charge is 0.573 e. The summed E-state index contributed by atoms with van der Waals surface area (Å²) in [5.74, 6) is -0.171. The summed E-state index contributed by atoms with van der Waals surface area (Å²) in [6.45, 7) is 2.70. The number of hydrogen-bond acceptors (Lipinski definition) is 5. The highest BCUT2D eigenvalue weighted by Crippen LogP contribution is 2.30. The van der Waals surface area contributed by atoms with E-state index in [4.69, 9.17) is 33.3 Å². The molecule has 0 radical (unpaired) electrons. The molecule has 2 aromatic rings. The van der Waals surface area contributed by atoms with E-state index >= 15 is 0 Å². The predicted octanol–water partition coefficient (Wildman–Crippen LogP) is 4.92. The Hall–Kier alpha value is -2.56. The van der Waals surface area contributed by atoms with Crippen LogP contribution in [0.2, 0.25) is 5.02 Å². The highest BCUT2D eigenvalue weighted by molar-refractivity contribution is 7.80. The maximum Gasteiger partial charge on any atom is 0.573 e. The van der Waals surface area contributed by atoms with Gasteiger partial charge in [0.05, 0.1) is 17.9 Å². The first-order chi connectivity index (χ1) is 15.1. The van der Waals surface area contributed by atoms with Crippen LogP contribution in [0.1, 0.15) is 17.3 Å². The number of rotatable bonds is 6. The molecule has 1 unspecified atom stereocenters. The Balaban J connectivity index is 1.61. The monoisotopic (exact) mass is 488 g/mol. The maximum absolute atomic E-state index is 12.6. The third-order valence-electron chi connectivity index (χ3n) is 4.53. The number of benzene rings is 2. The van der Waals surface area contributed by atoms with Gasteiger partial charge in [0.2, 0.25) is 0 Å². The molecule has 1 aliphatic heterocycles. The number of alkyl halides is 3. The molecule has 172 valence electrons. The average Bonchev–Trinajstić information content (AvgIpc) is 2.73. The summed E-state index contributed by atoms with van der Waals surface area (Å²) in [6, 6.07) is 10.4. The van der Waals surface area contributed by atoms with E-state index in [1.54, 1.807) is 23.1 Å². The number of carbonyl (C=O) groups excluding carboxylic acids is 1. The smallest absolute Gasteiger partial charge is 0.490 e. The Morgan fingerprint density at radius 2 is 2.03 bits per heavy atom. The van der Waals surface area contributed by atoms with Crippen LogP contribution in [0, 0.1) is 0 Å². The van der Waals surface area contributed by atoms with Crippen LogP contribution >= 0.6 is 23.8 Å². The number of hydrogen-bond donors (Lipinski definition) is 1. The summed E-state index contributed by atoms with van der Waals surface area (Å²) < 4.78 is 53.4. The van der Waals surface area contributed by atoms with Crippen molar-refractivity contribution in [2.24, 2.45) is 0 Å². The molecule has 11 heteroatoms. The molecule has 3 rings (SSSR count). The molecule has 1 heterocycles. The lowest BCUT2D eigenvalue weighted by Gasteiger charge is -2.34. The van der Waals surface area contributed by atoms with Gasteiger partial charge in [0.1, 0.15) is 18.5 Å². The van der Waals surface area contributed by atoms with Crippen LogP contribution in [-0.2, 0) is 4.74 Å². The first-order valence-corrected chi connectivity index (χ1v) is 10.4. The topological polar surface area (TPSA) is 60.0 Å². The zero-order chi connectivity index (χ0) is 23.3. The number of carbonyl (C=O) groups is 1. The highest BCUT2D eigenvalue weighted by atomic mass is 35.5. The zero-order valence-electron chi connectivity index (χ0n) is 16.9. The Bertz CT molecular complexity index is 990. The highest BCUT2D eigenvalue weighted by Gasteiger charge is 2.32. The van der Waals surface area contributed by atoms with Gasteiger partial charge in [0.15, 0.2) is 16.6 Å². The van der Waals surface area contributed by atoms with E-state index in [9.17, 15) is 18.0 Å². The van der Waals surface area contributed by atoms with Crippen molar-refractivity contribution in [3.05, 3.63) is 53.1 Å². The third kappa shape index (κ3) is 6.72. The van der Waals surface area contributed by atoms with Crippen molar-refractivity contribution in [3.8, 4) is 11.5 Å². The van der Waals surface area contributed by atoms with Crippen LogP contribution in [0.4, 0.5) is 18.9 Å². The second kappa shape index (κ2) is 10.4. The molecule has 0 bridgehead atoms. The number of morpholine rings is 1. The van der Waals surface area contributed by atoms with Crippen molar-refractivity contribution in [1.82, 2.24) is 4.90 Å². The zero-order valence-corrected chi connectivity index (χ0v) is 18.5. The van der Waals surface area contributed by atoms with Crippen LogP contribution in [0.3, 0.4) is 0 Å². The normalized spacial score (nSPS) is 16.4. The van der Waals surface area contributed by atoms with Gasteiger partial charge in [-0.3, -0.25) is 4.79 Å². The second-order valence-electron chi connectivity index (χ2n) is 6.92. The van der Waals surface area contributed by atoms with E-state index in [0.29, 0.717) is 36.0 Å². The fraction of sp³-hybridized carbons (Fsp3) is 0.333. The molecule has 0 aromatic heterocycles. The summed E-state index contributed by atoms with van der Waals surface area (Å²) in [6.07, 6.45) is -5.19. The van der Waals surface area contributed by atoms with Gasteiger partial charge in [-0.1, -0.05) is 23.7 Å². The SMILES string of the molecule is CC(=O)c1cc(Cl)ccc1OCC1CN(C(=S)Nc2ccccc2OC(F)(F)F)CCO1. The van der Waals surface area contributed by atoms with Crippen molar-refractivity contribution in [3.63, 3.8) is 0 Å². The molecule has 1 N–H and O–H groups in total. The fourth-order valence-corrected chi connectivity index (χ4v) is 3.52. The van der Waals surface area contributed by atoms with E-state index in [2.05, 4.69) is 10.1 Å². The average molecular weight is 489 g/mol. The Labute approximate surface area is 193 Å². The van der Waals surface area contributed by atoms with Gasteiger partial charge >= 0.3 is 6.36 Å². The quantitative estimate of drug-likeness (QED) is 0.457. The van der Waals surface area contributed by atoms with E-state index in [-0.39, 0.29) is 35.0 Å². The summed E-state index contributed by atoms with van der Waals surface area (Å²) >= 11 is 11.3. The molecule has 0 amide bonds. The fourth-order valence-electron chi connectivity index (χ4n) is 3.07. The molecule has 1 aliphatic rings. The number of thiocarbonyl (C=S) groups is 1. The van der Waals surface area contributed by atoms with Crippen LogP contribution < -0.4 is 14.8 Å². The number of para-hydroxylation sites is 2. The predicted molar refractivity (Wildman–Crippen MR) is 118 cm³/mol. The number of nitrogens with zero attached hydrogens (tertiary/aromatic N) is 1. The van der Waals surface area contributed by atoms with Gasteiger partial charge in [-0.05, 0) is 49.5 Å². The molecule has 6 nitrogen and oxygen atoms in total. The van der Waals surface area contributed by atoms with Gasteiger partial charge in [-0.25, -0.2) is 0 Å². The van der Waals surface area contributed by atoms with Crippen LogP contribution in [0.5, 0.6) is 11.5 Å². The van der Waals surface area contributed by atoms with Crippen molar-refractivity contribution >= 4 is 40.4 Å². The molecule has 2 aromatic carbocycles. The van der Waals surface area contributed by atoms with E-state index in [0.717, 1.165) is 0 Å². The number of nitrogens with one attached hydrogen (secondary N) is 1. The lowest BCUT2D eigenvalue weighted by molar-refractivity contribution is -0.274. The van der Waals surface area contributed by atoms with Gasteiger partial charge in [0, 0.05) is 18.1 Å². The van der Waals surface area contributed by atoms with Crippen LogP contribution in [-0.4, -0.2) is 54.6 Å². The summed E-state index contributed by atoms with van der Waals surface area (Å²) in [5.41, 5.74) is 0.463. The molecule has 1 saturated heterocycles. The number of ketones is 1. The molecular formula is C21H20ClF3N2O4S. The third-order valence-corrected chi connectivity index (χ3v) is 5.12. The first-order valence-electron chi connectivity index (χ1n) is 9.58. The Morgan fingerprint density at radius 3 is 2.75 bits per heavy atom. The lowest BCUT2D eigenvalue weighted by atomic mass is 10.1. The van der Waals surface area contributed by atoms with Gasteiger partial charge in [0.25, 0.3) is 0 Å². The summed E-state index contributed by atoms with van der Waals surface area (Å²) in [4.78, 5) is 13.6. The van der Waals surface area contributed by atoms with Gasteiger partial charge < -0.3 is 24.4 Å². The Morgan fingerprint density at radius 1 is 1.28 bits per heavy atom. The summed E-state index contributed by atoms with van der Waals surface area (Å²) in [5, 5.41) is 3.46. The lowest BCUT2D eigenvalue weighted by Crippen LogP contribution is -2.49. The number of Topliss-reactive ketones (excluding diaryl/α,β-unsaturated/α-hetero) is 1. The molecule has 1 fully saturated rings. The van der Waals surface area contributed by atoms with E-state index < -0.39 is 6.36 Å². The number of anilines is 1. The molecule has 0 saturated carbocycles. The molecule has 0 spiro atoms. The van der Waals surface area contributed by atoms with Crippen LogP contribution in [0.25, 0.3) is 0 Å². The Kier molecular flexibility index (Phi) is 7.81. The minimum atomic E-state index is -4.82. The van der Waals surface area contributed by atoms with Gasteiger partial charge in [-0.15, -0.1) is 13.2 Å². The van der Waals surface area contributed by atoms with E-state index in [1.807, 2.05) is 0 Å². The van der Waals surface area contributed by atoms with Gasteiger partial charge in [-0.2, -0.15) is 0 Å². The standard InChI is InChI=1S/C21H20ClF3N2O4S/c1-13(28)16-10-14(22)6-7-18(16)30-12-15-11-27(8-9-29-15)20(32)26-17-4-2-3-5-19(17)31-21(23,24)25/h2-7,10,15H,8-9,11-12H2,1H3,(H,26,32). The summed E-state index contributed by atoms with van der Waals surface area (Å²) in [7, 11) is 0. The van der Waals surface area contributed by atoms with Crippen molar-refractivity contribution in [2.45, 2.75) is 19.4 Å². The van der Waals surface area contributed by atoms with Crippen molar-refractivity contribution in [2.75, 3.05) is 31.6 Å². The molecule has 32 heavy (non-hydrogen) atoms. The second-order valence-corrected chi connectivity index (χ2v) is 7.74. The minimum absolute atomic E-state index is 0.0985.